The van der Waals surface area contributed by atoms with Crippen LogP contribution in [-0.4, -0.2) is 56.8 Å². The number of nitrogens with zero attached hydrogens (tertiary/aromatic N) is 2. The summed E-state index contributed by atoms with van der Waals surface area (Å²) in [5, 5.41) is 0. The van der Waals surface area contributed by atoms with E-state index >= 15 is 0 Å². The van der Waals surface area contributed by atoms with Crippen LogP contribution in [0.5, 0.6) is 5.88 Å². The number of nitrogens with one attached hydrogen (secondary N) is 1. The fourth-order valence-corrected chi connectivity index (χ4v) is 4.10. The van der Waals surface area contributed by atoms with Gasteiger partial charge in [-0.05, 0) is 32.8 Å². The van der Waals surface area contributed by atoms with Crippen molar-refractivity contribution in [3.63, 3.8) is 0 Å². The van der Waals surface area contributed by atoms with Crippen LogP contribution in [0.15, 0.2) is 18.3 Å². The van der Waals surface area contributed by atoms with Crippen LogP contribution in [0.25, 0.3) is 0 Å². The van der Waals surface area contributed by atoms with E-state index in [1.54, 1.807) is 26.0 Å². The van der Waals surface area contributed by atoms with E-state index < -0.39 is 20.0 Å². The van der Waals surface area contributed by atoms with Gasteiger partial charge in [-0.15, -0.1) is 0 Å². The first-order valence-corrected chi connectivity index (χ1v) is 11.1. The molecule has 8 nitrogen and oxygen atoms in total. The minimum Gasteiger partial charge on any atom is -0.474 e. The lowest BCUT2D eigenvalue weighted by Crippen LogP contribution is -2.42. The van der Waals surface area contributed by atoms with Crippen LogP contribution < -0.4 is 9.46 Å². The van der Waals surface area contributed by atoms with Crippen LogP contribution in [0.3, 0.4) is 0 Å². The summed E-state index contributed by atoms with van der Waals surface area (Å²) < 4.78 is 56.2. The zero-order valence-electron chi connectivity index (χ0n) is 13.8. The Morgan fingerprint density at radius 1 is 1.17 bits per heavy atom. The molecule has 1 N–H and O–H groups in total. The Kier molecular flexibility index (Phi) is 6.05. The molecule has 1 aliphatic rings. The fourth-order valence-electron chi connectivity index (χ4n) is 2.34. The molecule has 1 fully saturated rings. The molecule has 0 aromatic carbocycles. The van der Waals surface area contributed by atoms with Gasteiger partial charge in [-0.2, -0.15) is 0 Å². The molecule has 0 unspecified atom stereocenters. The molecule has 1 saturated heterocycles. The van der Waals surface area contributed by atoms with Gasteiger partial charge in [0.2, 0.25) is 25.9 Å². The largest absolute Gasteiger partial charge is 0.474 e. The molecular weight excluding hydrogens is 354 g/mol. The number of anilines is 1. The number of sulfonamides is 2. The van der Waals surface area contributed by atoms with Gasteiger partial charge in [-0.25, -0.2) is 26.1 Å². The monoisotopic (exact) mass is 377 g/mol. The van der Waals surface area contributed by atoms with E-state index in [0.717, 1.165) is 0 Å². The van der Waals surface area contributed by atoms with Gasteiger partial charge in [-0.3, -0.25) is 4.72 Å². The normalized spacial score (nSPS) is 17.6. The predicted molar refractivity (Wildman–Crippen MR) is 92.0 cm³/mol. The van der Waals surface area contributed by atoms with Crippen molar-refractivity contribution in [2.24, 2.45) is 0 Å². The standard InChI is InChI=1S/C14H23N3O5S2/c1-3-23(18,19)16-12-5-6-14(15-11-12)22-13-7-9-17(10-8-13)24(20,21)4-2/h5-6,11,13,16H,3-4,7-10H2,1-2H3. The Hall–Kier alpha value is -1.39. The summed E-state index contributed by atoms with van der Waals surface area (Å²) in [6, 6.07) is 3.19. The van der Waals surface area contributed by atoms with E-state index in [1.165, 1.54) is 10.5 Å². The highest BCUT2D eigenvalue weighted by Crippen LogP contribution is 2.20. The molecule has 0 atom stereocenters. The van der Waals surface area contributed by atoms with E-state index in [9.17, 15) is 16.8 Å². The molecule has 2 heterocycles. The number of hydrogen-bond donors (Lipinski definition) is 1. The minimum atomic E-state index is -3.33. The lowest BCUT2D eigenvalue weighted by Gasteiger charge is -2.30. The molecule has 0 bridgehead atoms. The lowest BCUT2D eigenvalue weighted by molar-refractivity contribution is 0.130. The van der Waals surface area contributed by atoms with Crippen LogP contribution in [-0.2, 0) is 20.0 Å². The van der Waals surface area contributed by atoms with Crippen molar-refractivity contribution >= 4 is 25.7 Å². The molecule has 1 aliphatic heterocycles. The van der Waals surface area contributed by atoms with Gasteiger partial charge in [0.15, 0.2) is 0 Å². The van der Waals surface area contributed by atoms with Crippen LogP contribution >= 0.6 is 0 Å². The topological polar surface area (TPSA) is 106 Å². The highest BCUT2D eigenvalue weighted by atomic mass is 32.2. The molecule has 136 valence electrons. The summed E-state index contributed by atoms with van der Waals surface area (Å²) in [6.07, 6.45) is 2.51. The van der Waals surface area contributed by atoms with Gasteiger partial charge in [0.25, 0.3) is 0 Å². The van der Waals surface area contributed by atoms with Crippen LogP contribution in [0.1, 0.15) is 26.7 Å². The molecule has 24 heavy (non-hydrogen) atoms. The van der Waals surface area contributed by atoms with Crippen LogP contribution in [0.2, 0.25) is 0 Å². The summed E-state index contributed by atoms with van der Waals surface area (Å²) in [5.74, 6) is 0.492. The van der Waals surface area contributed by atoms with Gasteiger partial charge < -0.3 is 4.74 Å². The average molecular weight is 377 g/mol. The summed E-state index contributed by atoms with van der Waals surface area (Å²) in [6.45, 7) is 4.07. The van der Waals surface area contributed by atoms with Gasteiger partial charge >= 0.3 is 0 Å². The zero-order chi connectivity index (χ0) is 17.8. The molecule has 1 aromatic rings. The lowest BCUT2D eigenvalue weighted by atomic mass is 10.1. The number of pyridine rings is 1. The highest BCUT2D eigenvalue weighted by molar-refractivity contribution is 7.92. The first kappa shape index (κ1) is 18.9. The number of aromatic nitrogens is 1. The summed E-state index contributed by atoms with van der Waals surface area (Å²) >= 11 is 0. The van der Waals surface area contributed by atoms with E-state index in [0.29, 0.717) is 37.5 Å². The maximum atomic E-state index is 11.8. The second-order valence-electron chi connectivity index (χ2n) is 5.51. The number of piperidine rings is 1. The minimum absolute atomic E-state index is 0.00943. The Bertz CT molecular complexity index is 739. The Labute approximate surface area is 143 Å². The molecule has 10 heteroatoms. The zero-order valence-corrected chi connectivity index (χ0v) is 15.4. The van der Waals surface area contributed by atoms with Crippen LogP contribution in [0.4, 0.5) is 5.69 Å². The first-order chi connectivity index (χ1) is 11.3. The smallest absolute Gasteiger partial charge is 0.232 e. The summed E-state index contributed by atoms with van der Waals surface area (Å²) in [5.41, 5.74) is 0.382. The second-order valence-corrected chi connectivity index (χ2v) is 9.78. The number of ether oxygens (including phenoxy) is 1. The SMILES string of the molecule is CCS(=O)(=O)Nc1ccc(OC2CCN(S(=O)(=O)CC)CC2)nc1. The molecule has 0 saturated carbocycles. The third-order valence-corrected chi connectivity index (χ3v) is 7.02. The second kappa shape index (κ2) is 7.66. The van der Waals surface area contributed by atoms with Crippen molar-refractivity contribution < 1.29 is 21.6 Å². The third-order valence-electron chi connectivity index (χ3n) is 3.84. The van der Waals surface area contributed by atoms with Crippen molar-refractivity contribution in [1.82, 2.24) is 9.29 Å². The number of rotatable bonds is 7. The Morgan fingerprint density at radius 3 is 2.33 bits per heavy atom. The molecule has 0 aliphatic carbocycles. The van der Waals surface area contributed by atoms with Crippen molar-refractivity contribution in [1.29, 1.82) is 0 Å². The quantitative estimate of drug-likeness (QED) is 0.761. The molecule has 2 rings (SSSR count). The van der Waals surface area contributed by atoms with E-state index in [2.05, 4.69) is 9.71 Å². The van der Waals surface area contributed by atoms with Crippen molar-refractivity contribution in [3.8, 4) is 5.88 Å². The van der Waals surface area contributed by atoms with Crippen LogP contribution in [0, 0.1) is 0 Å². The fraction of sp³-hybridized carbons (Fsp3) is 0.643. The van der Waals surface area contributed by atoms with Crippen molar-refractivity contribution in [2.75, 3.05) is 29.3 Å². The van der Waals surface area contributed by atoms with E-state index in [-0.39, 0.29) is 17.6 Å². The highest BCUT2D eigenvalue weighted by Gasteiger charge is 2.27. The van der Waals surface area contributed by atoms with Crippen molar-refractivity contribution in [3.05, 3.63) is 18.3 Å². The van der Waals surface area contributed by atoms with Gasteiger partial charge in [0.05, 0.1) is 23.4 Å². The van der Waals surface area contributed by atoms with Gasteiger partial charge in [0, 0.05) is 19.2 Å². The molecule has 0 radical (unpaired) electrons. The maximum absolute atomic E-state index is 11.8. The van der Waals surface area contributed by atoms with Gasteiger partial charge in [-0.1, -0.05) is 0 Å². The molecular formula is C14H23N3O5S2. The molecule has 0 spiro atoms. The molecule has 0 amide bonds. The Balaban J connectivity index is 1.89. The van der Waals surface area contributed by atoms with E-state index in [4.69, 9.17) is 4.74 Å². The maximum Gasteiger partial charge on any atom is 0.232 e. The third kappa shape index (κ3) is 5.05. The first-order valence-electron chi connectivity index (χ1n) is 7.86. The van der Waals surface area contributed by atoms with Gasteiger partial charge in [0.1, 0.15) is 6.10 Å². The predicted octanol–water partition coefficient (Wildman–Crippen LogP) is 1.04. The molecule has 1 aromatic heterocycles. The summed E-state index contributed by atoms with van der Waals surface area (Å²) in [4.78, 5) is 4.09. The summed E-state index contributed by atoms with van der Waals surface area (Å²) in [7, 11) is -6.47. The van der Waals surface area contributed by atoms with Crippen molar-refractivity contribution in [2.45, 2.75) is 32.8 Å². The number of hydrogen-bond acceptors (Lipinski definition) is 6. The average Bonchev–Trinajstić information content (AvgIpc) is 2.57. The Morgan fingerprint density at radius 2 is 1.83 bits per heavy atom. The van der Waals surface area contributed by atoms with E-state index in [1.807, 2.05) is 0 Å².